The van der Waals surface area contributed by atoms with Crippen LogP contribution < -0.4 is 5.73 Å². The van der Waals surface area contributed by atoms with Crippen molar-refractivity contribution in [2.24, 2.45) is 0 Å². The second-order valence-corrected chi connectivity index (χ2v) is 6.95. The highest BCUT2D eigenvalue weighted by atomic mass is 15.2. The molecule has 1 saturated heterocycles. The highest BCUT2D eigenvalue weighted by Gasteiger charge is 2.14. The number of nitrogens with zero attached hydrogens (tertiary/aromatic N) is 5. The van der Waals surface area contributed by atoms with E-state index in [1.165, 1.54) is 0 Å². The van der Waals surface area contributed by atoms with Gasteiger partial charge in [0.05, 0.1) is 5.69 Å². The molecule has 0 aliphatic carbocycles. The molecule has 1 aliphatic heterocycles. The molecule has 7 heteroatoms. The molecule has 0 radical (unpaired) electrons. The lowest BCUT2D eigenvalue weighted by molar-refractivity contribution is 0.153. The monoisotopic (exact) mass is 351 g/mol. The molecule has 7 nitrogen and oxygen atoms in total. The zero-order chi connectivity index (χ0) is 17.9. The van der Waals surface area contributed by atoms with Gasteiger partial charge in [-0.25, -0.2) is 15.0 Å². The van der Waals surface area contributed by atoms with E-state index < -0.39 is 0 Å². The van der Waals surface area contributed by atoms with Gasteiger partial charge in [-0.1, -0.05) is 0 Å². The summed E-state index contributed by atoms with van der Waals surface area (Å²) in [4.78, 5) is 21.3. The molecule has 26 heavy (non-hydrogen) atoms. The Morgan fingerprint density at radius 3 is 2.88 bits per heavy atom. The Morgan fingerprint density at radius 2 is 2.04 bits per heavy atom. The third kappa shape index (κ3) is 3.68. The van der Waals surface area contributed by atoms with Gasteiger partial charge in [-0.3, -0.25) is 0 Å². The molecule has 0 unspecified atom stereocenters. The second-order valence-electron chi connectivity index (χ2n) is 6.95. The topological polar surface area (TPSA) is 87.0 Å². The summed E-state index contributed by atoms with van der Waals surface area (Å²) in [6.07, 6.45) is 5.70. The first-order valence-corrected chi connectivity index (χ1v) is 9.16. The van der Waals surface area contributed by atoms with Gasteiger partial charge in [0, 0.05) is 55.2 Å². The van der Waals surface area contributed by atoms with Gasteiger partial charge < -0.3 is 20.5 Å². The maximum Gasteiger partial charge on any atom is 0.220 e. The maximum atomic E-state index is 5.98. The second kappa shape index (κ2) is 7.39. The van der Waals surface area contributed by atoms with Crippen molar-refractivity contribution in [3.05, 3.63) is 36.3 Å². The van der Waals surface area contributed by atoms with Gasteiger partial charge in [-0.15, -0.1) is 0 Å². The molecule has 4 rings (SSSR count). The average molecular weight is 351 g/mol. The number of hydrogen-bond donors (Lipinski definition) is 2. The predicted molar refractivity (Wildman–Crippen MR) is 104 cm³/mol. The van der Waals surface area contributed by atoms with Crippen molar-refractivity contribution in [2.75, 3.05) is 45.5 Å². The van der Waals surface area contributed by atoms with Crippen LogP contribution in [0.3, 0.4) is 0 Å². The van der Waals surface area contributed by atoms with E-state index in [9.17, 15) is 0 Å². The summed E-state index contributed by atoms with van der Waals surface area (Å²) in [7, 11) is 2.18. The van der Waals surface area contributed by atoms with Gasteiger partial charge in [-0.2, -0.15) is 0 Å². The smallest absolute Gasteiger partial charge is 0.220 e. The zero-order valence-electron chi connectivity index (χ0n) is 15.1. The van der Waals surface area contributed by atoms with Gasteiger partial charge in [0.15, 0.2) is 0 Å². The van der Waals surface area contributed by atoms with E-state index in [-0.39, 0.29) is 0 Å². The van der Waals surface area contributed by atoms with Crippen molar-refractivity contribution >= 4 is 17.0 Å². The first kappa shape index (κ1) is 16.9. The number of H-pyrrole nitrogens is 1. The van der Waals surface area contributed by atoms with Crippen LogP contribution >= 0.6 is 0 Å². The summed E-state index contributed by atoms with van der Waals surface area (Å²) in [5.74, 6) is 0.329. The van der Waals surface area contributed by atoms with Crippen LogP contribution in [0.2, 0.25) is 0 Å². The molecule has 136 valence electrons. The van der Waals surface area contributed by atoms with Gasteiger partial charge in [0.1, 0.15) is 5.65 Å². The molecule has 0 atom stereocenters. The largest absolute Gasteiger partial charge is 0.368 e. The number of anilines is 1. The van der Waals surface area contributed by atoms with Crippen LogP contribution in [0.1, 0.15) is 12.1 Å². The number of aromatic amines is 1. The normalized spacial score (nSPS) is 16.3. The molecular formula is C19H25N7. The Bertz CT molecular complexity index is 880. The van der Waals surface area contributed by atoms with E-state index in [1.807, 2.05) is 18.3 Å². The van der Waals surface area contributed by atoms with Crippen molar-refractivity contribution in [1.29, 1.82) is 0 Å². The summed E-state index contributed by atoms with van der Waals surface area (Å²) < 4.78 is 0. The number of nitrogen functional groups attached to an aromatic ring is 1. The molecule has 3 aromatic rings. The quantitative estimate of drug-likeness (QED) is 0.729. The fraction of sp³-hybridized carbons (Fsp3) is 0.421. The fourth-order valence-corrected chi connectivity index (χ4v) is 3.51. The first-order chi connectivity index (χ1) is 12.7. The van der Waals surface area contributed by atoms with Crippen molar-refractivity contribution in [3.8, 4) is 11.3 Å². The predicted octanol–water partition coefficient (Wildman–Crippen LogP) is 1.78. The van der Waals surface area contributed by atoms with Crippen molar-refractivity contribution in [3.63, 3.8) is 0 Å². The average Bonchev–Trinajstić information content (AvgIpc) is 3.07. The molecule has 0 spiro atoms. The lowest BCUT2D eigenvalue weighted by Gasteiger charge is -2.32. The molecule has 0 bridgehead atoms. The number of hydrogen-bond acceptors (Lipinski definition) is 6. The summed E-state index contributed by atoms with van der Waals surface area (Å²) in [6.45, 7) is 5.70. The molecule has 0 amide bonds. The molecular weight excluding hydrogens is 326 g/mol. The summed E-state index contributed by atoms with van der Waals surface area (Å²) in [6, 6.07) is 6.02. The van der Waals surface area contributed by atoms with E-state index in [2.05, 4.69) is 42.8 Å². The Kier molecular flexibility index (Phi) is 4.81. The van der Waals surface area contributed by atoms with E-state index in [0.29, 0.717) is 5.95 Å². The van der Waals surface area contributed by atoms with Crippen LogP contribution in [0.4, 0.5) is 5.95 Å². The Morgan fingerprint density at radius 1 is 1.19 bits per heavy atom. The van der Waals surface area contributed by atoms with E-state index >= 15 is 0 Å². The Balaban J connectivity index is 1.46. The minimum absolute atomic E-state index is 0.329. The summed E-state index contributed by atoms with van der Waals surface area (Å²) in [5, 5.41) is 1.05. The molecule has 3 aromatic heterocycles. The van der Waals surface area contributed by atoms with Crippen LogP contribution in [0.25, 0.3) is 22.3 Å². The van der Waals surface area contributed by atoms with Crippen molar-refractivity contribution in [2.45, 2.75) is 12.8 Å². The number of aromatic nitrogens is 4. The Labute approximate surface area is 153 Å². The first-order valence-electron chi connectivity index (χ1n) is 9.16. The number of fused-ring (bicyclic) bond motifs is 1. The van der Waals surface area contributed by atoms with Crippen molar-refractivity contribution < 1.29 is 0 Å². The molecule has 0 saturated carbocycles. The lowest BCUT2D eigenvalue weighted by Crippen LogP contribution is -2.44. The van der Waals surface area contributed by atoms with E-state index in [0.717, 1.165) is 73.6 Å². The number of aryl methyl sites for hydroxylation is 1. The van der Waals surface area contributed by atoms with E-state index in [1.54, 1.807) is 6.20 Å². The van der Waals surface area contributed by atoms with Crippen LogP contribution in [0, 0.1) is 0 Å². The van der Waals surface area contributed by atoms with Gasteiger partial charge in [0.2, 0.25) is 5.95 Å². The SMILES string of the molecule is CN1CCN(CCCc2cc(-c3c[nH]c4ncccc34)nc(N)n2)CC1. The maximum absolute atomic E-state index is 5.98. The molecule has 3 N–H and O–H groups in total. The molecule has 0 aromatic carbocycles. The molecule has 1 aliphatic rings. The number of nitrogens with two attached hydrogens (primary N) is 1. The highest BCUT2D eigenvalue weighted by molar-refractivity contribution is 5.92. The Hall–Kier alpha value is -2.51. The number of rotatable bonds is 5. The fourth-order valence-electron chi connectivity index (χ4n) is 3.51. The standard InChI is InChI=1S/C19H25N7/c1-25-8-10-26(11-9-25)7-3-4-14-12-17(24-19(20)23-14)16-13-22-18-15(16)5-2-6-21-18/h2,5-6,12-13H,3-4,7-11H2,1H3,(H,21,22)(H2,20,23,24). The zero-order valence-corrected chi connectivity index (χ0v) is 15.1. The van der Waals surface area contributed by atoms with Gasteiger partial charge >= 0.3 is 0 Å². The molecule has 1 fully saturated rings. The summed E-state index contributed by atoms with van der Waals surface area (Å²) in [5.41, 5.74) is 9.70. The van der Waals surface area contributed by atoms with Crippen LogP contribution in [-0.4, -0.2) is 69.5 Å². The summed E-state index contributed by atoms with van der Waals surface area (Å²) >= 11 is 0. The van der Waals surface area contributed by atoms with Crippen LogP contribution in [-0.2, 0) is 6.42 Å². The number of pyridine rings is 1. The van der Waals surface area contributed by atoms with E-state index in [4.69, 9.17) is 5.73 Å². The number of likely N-dealkylation sites (N-methyl/N-ethyl adjacent to an activating group) is 1. The third-order valence-corrected chi connectivity index (χ3v) is 5.03. The molecule has 4 heterocycles. The number of piperazine rings is 1. The van der Waals surface area contributed by atoms with Crippen LogP contribution in [0.5, 0.6) is 0 Å². The van der Waals surface area contributed by atoms with Gasteiger partial charge in [0.25, 0.3) is 0 Å². The lowest BCUT2D eigenvalue weighted by atomic mass is 10.1. The van der Waals surface area contributed by atoms with Crippen LogP contribution in [0.15, 0.2) is 30.6 Å². The minimum atomic E-state index is 0.329. The highest BCUT2D eigenvalue weighted by Crippen LogP contribution is 2.27. The van der Waals surface area contributed by atoms with Crippen molar-refractivity contribution in [1.82, 2.24) is 29.7 Å². The third-order valence-electron chi connectivity index (χ3n) is 5.03. The van der Waals surface area contributed by atoms with Gasteiger partial charge in [-0.05, 0) is 44.6 Å². The minimum Gasteiger partial charge on any atom is -0.368 e. The number of nitrogens with one attached hydrogen (secondary N) is 1.